The fourth-order valence-corrected chi connectivity index (χ4v) is 4.56. The minimum absolute atomic E-state index is 0.198. The Morgan fingerprint density at radius 1 is 0.811 bits per heavy atom. The van der Waals surface area contributed by atoms with E-state index in [-0.39, 0.29) is 13.0 Å². The van der Waals surface area contributed by atoms with Gasteiger partial charge in [-0.05, 0) is 56.0 Å². The van der Waals surface area contributed by atoms with E-state index in [4.69, 9.17) is 9.47 Å². The summed E-state index contributed by atoms with van der Waals surface area (Å²) in [5.41, 5.74) is 3.52. The van der Waals surface area contributed by atoms with Crippen molar-refractivity contribution in [3.63, 3.8) is 0 Å². The Morgan fingerprint density at radius 3 is 2.22 bits per heavy atom. The number of fused-ring (bicyclic) bond motifs is 2. The zero-order valence-electron chi connectivity index (χ0n) is 21.0. The van der Waals surface area contributed by atoms with Crippen molar-refractivity contribution < 1.29 is 23.9 Å². The second kappa shape index (κ2) is 9.54. The van der Waals surface area contributed by atoms with Gasteiger partial charge in [-0.1, -0.05) is 54.6 Å². The Hall–Kier alpha value is -4.45. The molecule has 0 aliphatic heterocycles. The van der Waals surface area contributed by atoms with E-state index in [1.54, 1.807) is 45.0 Å². The van der Waals surface area contributed by atoms with Crippen molar-refractivity contribution in [2.24, 2.45) is 0 Å². The van der Waals surface area contributed by atoms with Gasteiger partial charge in [0, 0.05) is 29.3 Å². The first-order valence-corrected chi connectivity index (χ1v) is 12.1. The van der Waals surface area contributed by atoms with Gasteiger partial charge in [0.1, 0.15) is 11.4 Å². The number of hydrogen-bond acceptors (Lipinski definition) is 5. The van der Waals surface area contributed by atoms with Gasteiger partial charge >= 0.3 is 5.97 Å². The number of para-hydroxylation sites is 1. The maximum absolute atomic E-state index is 13.4. The number of benzene rings is 3. The Morgan fingerprint density at radius 2 is 1.49 bits per heavy atom. The number of allylic oxidation sites excluding steroid dienone is 1. The number of carbonyl (C=O) groups is 3. The molecule has 0 atom stereocenters. The van der Waals surface area contributed by atoms with Gasteiger partial charge in [-0.15, -0.1) is 0 Å². The molecule has 5 rings (SSSR count). The number of carbonyl (C=O) groups excluding carboxylic acids is 3. The number of nitrogens with zero attached hydrogens (tertiary/aromatic N) is 1. The summed E-state index contributed by atoms with van der Waals surface area (Å²) >= 11 is 0. The normalized spacial score (nSPS) is 13.6. The van der Waals surface area contributed by atoms with Crippen molar-refractivity contribution >= 4 is 34.1 Å². The summed E-state index contributed by atoms with van der Waals surface area (Å²) in [4.78, 5) is 38.4. The summed E-state index contributed by atoms with van der Waals surface area (Å²) in [5.74, 6) is -0.938. The molecule has 0 spiro atoms. The molecule has 0 unspecified atom stereocenters. The molecule has 1 aliphatic carbocycles. The Balaban J connectivity index is 1.49. The van der Waals surface area contributed by atoms with E-state index in [9.17, 15) is 14.4 Å². The first kappa shape index (κ1) is 24.3. The highest BCUT2D eigenvalue weighted by molar-refractivity contribution is 6.52. The minimum Gasteiger partial charge on any atom is -0.482 e. The van der Waals surface area contributed by atoms with E-state index < -0.39 is 23.1 Å². The van der Waals surface area contributed by atoms with E-state index in [0.717, 1.165) is 22.0 Å². The topological polar surface area (TPSA) is 74.6 Å². The molecule has 0 N–H and O–H groups in total. The van der Waals surface area contributed by atoms with Crippen molar-refractivity contribution in [3.8, 4) is 5.75 Å². The average Bonchev–Trinajstić information content (AvgIpc) is 3.30. The maximum atomic E-state index is 13.4. The van der Waals surface area contributed by atoms with Gasteiger partial charge in [0.15, 0.2) is 6.61 Å². The van der Waals surface area contributed by atoms with Crippen LogP contribution in [0.4, 0.5) is 0 Å². The molecule has 0 radical (unpaired) electrons. The summed E-state index contributed by atoms with van der Waals surface area (Å²) < 4.78 is 12.8. The number of rotatable bonds is 6. The highest BCUT2D eigenvalue weighted by Crippen LogP contribution is 2.35. The molecule has 1 aromatic heterocycles. The predicted octanol–water partition coefficient (Wildman–Crippen LogP) is 5.63. The molecule has 0 saturated heterocycles. The molecule has 37 heavy (non-hydrogen) atoms. The van der Waals surface area contributed by atoms with Gasteiger partial charge in [-0.2, -0.15) is 0 Å². The average molecular weight is 494 g/mol. The fraction of sp³-hybridized carbons (Fsp3) is 0.194. The summed E-state index contributed by atoms with van der Waals surface area (Å²) in [7, 11) is 0. The molecule has 0 fully saturated rings. The molecule has 0 saturated carbocycles. The summed E-state index contributed by atoms with van der Waals surface area (Å²) in [6, 6.07) is 24.3. The van der Waals surface area contributed by atoms with Crippen LogP contribution in [-0.2, 0) is 20.7 Å². The quantitative estimate of drug-likeness (QED) is 0.257. The second-order valence-electron chi connectivity index (χ2n) is 9.97. The van der Waals surface area contributed by atoms with E-state index in [0.29, 0.717) is 22.6 Å². The molecule has 4 aromatic rings. The monoisotopic (exact) mass is 493 g/mol. The van der Waals surface area contributed by atoms with E-state index in [2.05, 4.69) is 0 Å². The van der Waals surface area contributed by atoms with Crippen LogP contribution in [0.15, 0.2) is 90.6 Å². The molecule has 1 heterocycles. The number of ether oxygens (including phenoxy) is 2. The van der Waals surface area contributed by atoms with Crippen LogP contribution in [0.25, 0.3) is 16.6 Å². The van der Waals surface area contributed by atoms with Crippen LogP contribution in [0.5, 0.6) is 5.75 Å². The standard InChI is InChI=1S/C31H27NO5/c1-31(2,3)37-27(33)19-36-22-14-12-20(13-15-22)18-25-28(32-17-16-21-8-4-7-11-26(21)32)23-9-5-6-10-24(23)29(34)30(25)35/h4-17H,18-19H2,1-3H3. The summed E-state index contributed by atoms with van der Waals surface area (Å²) in [5, 5.41) is 1.04. The lowest BCUT2D eigenvalue weighted by Gasteiger charge is -2.23. The Bertz CT molecular complexity index is 1550. The SMILES string of the molecule is CC(C)(C)OC(=O)COc1ccc(CC2=C(n3ccc4ccccc43)c3ccccc3C(=O)C2=O)cc1. The molecule has 3 aromatic carbocycles. The van der Waals surface area contributed by atoms with E-state index in [1.807, 2.05) is 65.4 Å². The van der Waals surface area contributed by atoms with Gasteiger partial charge < -0.3 is 14.0 Å². The largest absolute Gasteiger partial charge is 0.482 e. The number of aromatic nitrogens is 1. The maximum Gasteiger partial charge on any atom is 0.344 e. The highest BCUT2D eigenvalue weighted by atomic mass is 16.6. The number of ketones is 2. The third kappa shape index (κ3) is 4.96. The van der Waals surface area contributed by atoms with Crippen molar-refractivity contribution in [1.29, 1.82) is 0 Å². The van der Waals surface area contributed by atoms with Crippen LogP contribution < -0.4 is 4.74 Å². The van der Waals surface area contributed by atoms with Crippen LogP contribution in [0.3, 0.4) is 0 Å². The van der Waals surface area contributed by atoms with Gasteiger partial charge in [-0.3, -0.25) is 9.59 Å². The Kier molecular flexibility index (Phi) is 6.25. The smallest absolute Gasteiger partial charge is 0.344 e. The first-order valence-electron chi connectivity index (χ1n) is 12.1. The molecule has 6 nitrogen and oxygen atoms in total. The van der Waals surface area contributed by atoms with Crippen LogP contribution in [0.1, 0.15) is 42.3 Å². The van der Waals surface area contributed by atoms with E-state index >= 15 is 0 Å². The predicted molar refractivity (Wildman–Crippen MR) is 142 cm³/mol. The highest BCUT2D eigenvalue weighted by Gasteiger charge is 2.33. The molecule has 0 amide bonds. The number of esters is 1. The lowest BCUT2D eigenvalue weighted by atomic mass is 9.84. The fourth-order valence-electron chi connectivity index (χ4n) is 4.56. The van der Waals surface area contributed by atoms with Crippen LogP contribution >= 0.6 is 0 Å². The van der Waals surface area contributed by atoms with Gasteiger partial charge in [0.05, 0.1) is 11.2 Å². The third-order valence-electron chi connectivity index (χ3n) is 6.11. The van der Waals surface area contributed by atoms with Crippen molar-refractivity contribution in [1.82, 2.24) is 4.57 Å². The summed E-state index contributed by atoms with van der Waals surface area (Å²) in [6.45, 7) is 5.20. The third-order valence-corrected chi connectivity index (χ3v) is 6.11. The van der Waals surface area contributed by atoms with Crippen molar-refractivity contribution in [3.05, 3.63) is 107 Å². The van der Waals surface area contributed by atoms with Crippen LogP contribution in [0.2, 0.25) is 0 Å². The first-order chi connectivity index (χ1) is 17.7. The lowest BCUT2D eigenvalue weighted by Crippen LogP contribution is -2.27. The molecular weight excluding hydrogens is 466 g/mol. The second-order valence-corrected chi connectivity index (χ2v) is 9.97. The van der Waals surface area contributed by atoms with Crippen molar-refractivity contribution in [2.45, 2.75) is 32.8 Å². The van der Waals surface area contributed by atoms with E-state index in [1.165, 1.54) is 0 Å². The van der Waals surface area contributed by atoms with Crippen LogP contribution in [0, 0.1) is 0 Å². The van der Waals surface area contributed by atoms with Gasteiger partial charge in [0.2, 0.25) is 11.6 Å². The Labute approximate surface area is 215 Å². The zero-order chi connectivity index (χ0) is 26.2. The van der Waals surface area contributed by atoms with Gasteiger partial charge in [0.25, 0.3) is 0 Å². The minimum atomic E-state index is -0.580. The van der Waals surface area contributed by atoms with Gasteiger partial charge in [-0.25, -0.2) is 4.79 Å². The molecule has 186 valence electrons. The molecule has 6 heteroatoms. The zero-order valence-corrected chi connectivity index (χ0v) is 21.0. The lowest BCUT2D eigenvalue weighted by molar-refractivity contribution is -0.157. The number of Topliss-reactive ketones (excluding diaryl/α,β-unsaturated/α-hetero) is 2. The summed E-state index contributed by atoms with van der Waals surface area (Å²) in [6.07, 6.45) is 2.21. The molecular formula is C31H27NO5. The van der Waals surface area contributed by atoms with Crippen LogP contribution in [-0.4, -0.2) is 34.3 Å². The van der Waals surface area contributed by atoms with Crippen molar-refractivity contribution in [2.75, 3.05) is 6.61 Å². The number of hydrogen-bond donors (Lipinski definition) is 0. The molecule has 0 bridgehead atoms. The molecule has 1 aliphatic rings.